The predicted octanol–water partition coefficient (Wildman–Crippen LogP) is 2.32. The third kappa shape index (κ3) is 1.28. The van der Waals surface area contributed by atoms with Gasteiger partial charge < -0.3 is 0 Å². The van der Waals surface area contributed by atoms with E-state index in [1.165, 1.54) is 12.0 Å². The fraction of sp³-hybridized carbons (Fsp3) is 0.667. The van der Waals surface area contributed by atoms with Crippen LogP contribution in [0, 0.1) is 5.92 Å². The molecule has 1 aliphatic rings. The van der Waals surface area contributed by atoms with Gasteiger partial charge in [0.25, 0.3) is 0 Å². The number of carbonyl (C=O) groups excluding carboxylic acids is 1. The van der Waals surface area contributed by atoms with Crippen molar-refractivity contribution in [1.82, 2.24) is 0 Å². The van der Waals surface area contributed by atoms with Gasteiger partial charge in [0.2, 0.25) is 0 Å². The number of allylic oxidation sites excluding steroid dienone is 2. The molecule has 0 saturated heterocycles. The lowest BCUT2D eigenvalue weighted by molar-refractivity contribution is -0.119. The fourth-order valence-corrected chi connectivity index (χ4v) is 1.68. The minimum Gasteiger partial charge on any atom is -0.299 e. The SMILES string of the molecule is C/C=C1/CCC[C@H]1C(C)=O. The normalized spacial score (nSPS) is 29.4. The van der Waals surface area contributed by atoms with Crippen molar-refractivity contribution in [2.24, 2.45) is 5.92 Å². The van der Waals surface area contributed by atoms with Crippen LogP contribution in [0.3, 0.4) is 0 Å². The lowest BCUT2D eigenvalue weighted by Gasteiger charge is -2.05. The summed E-state index contributed by atoms with van der Waals surface area (Å²) in [5, 5.41) is 0. The monoisotopic (exact) mass is 138 g/mol. The van der Waals surface area contributed by atoms with Crippen molar-refractivity contribution < 1.29 is 4.79 Å². The van der Waals surface area contributed by atoms with E-state index in [0.717, 1.165) is 12.8 Å². The standard InChI is InChI=1S/C9H14O/c1-3-8-5-4-6-9(8)7(2)10/h3,9H,4-6H2,1-2H3/b8-3-/t9-/m0/s1. The zero-order valence-electron chi connectivity index (χ0n) is 6.68. The summed E-state index contributed by atoms with van der Waals surface area (Å²) < 4.78 is 0. The minimum absolute atomic E-state index is 0.269. The van der Waals surface area contributed by atoms with Crippen LogP contribution in [0.4, 0.5) is 0 Å². The van der Waals surface area contributed by atoms with Gasteiger partial charge in [-0.15, -0.1) is 0 Å². The highest BCUT2D eigenvalue weighted by molar-refractivity contribution is 5.81. The average Bonchev–Trinajstić information content (AvgIpc) is 2.33. The van der Waals surface area contributed by atoms with Crippen LogP contribution < -0.4 is 0 Å². The van der Waals surface area contributed by atoms with Crippen LogP contribution in [0.5, 0.6) is 0 Å². The van der Waals surface area contributed by atoms with Crippen molar-refractivity contribution in [3.8, 4) is 0 Å². The van der Waals surface area contributed by atoms with Crippen molar-refractivity contribution >= 4 is 5.78 Å². The highest BCUT2D eigenvalue weighted by Crippen LogP contribution is 2.31. The molecule has 0 radical (unpaired) electrons. The number of ketones is 1. The zero-order valence-corrected chi connectivity index (χ0v) is 6.68. The van der Waals surface area contributed by atoms with E-state index in [1.807, 2.05) is 6.92 Å². The Morgan fingerprint density at radius 1 is 1.70 bits per heavy atom. The average molecular weight is 138 g/mol. The van der Waals surface area contributed by atoms with Crippen molar-refractivity contribution in [2.75, 3.05) is 0 Å². The van der Waals surface area contributed by atoms with Crippen molar-refractivity contribution in [2.45, 2.75) is 33.1 Å². The molecule has 0 N–H and O–H groups in total. The molecular weight excluding hydrogens is 124 g/mol. The second kappa shape index (κ2) is 3.00. The first-order valence-electron chi connectivity index (χ1n) is 3.91. The van der Waals surface area contributed by atoms with Gasteiger partial charge in [-0.25, -0.2) is 0 Å². The van der Waals surface area contributed by atoms with Crippen LogP contribution in [0.25, 0.3) is 0 Å². The Morgan fingerprint density at radius 2 is 2.40 bits per heavy atom. The maximum atomic E-state index is 11.0. The van der Waals surface area contributed by atoms with Gasteiger partial charge in [0, 0.05) is 5.92 Å². The van der Waals surface area contributed by atoms with Gasteiger partial charge in [-0.2, -0.15) is 0 Å². The summed E-state index contributed by atoms with van der Waals surface area (Å²) in [6.45, 7) is 3.72. The van der Waals surface area contributed by atoms with Gasteiger partial charge >= 0.3 is 0 Å². The molecule has 1 atom stereocenters. The quantitative estimate of drug-likeness (QED) is 0.508. The molecule has 1 nitrogen and oxygen atoms in total. The number of hydrogen-bond donors (Lipinski definition) is 0. The molecule has 0 aromatic heterocycles. The van der Waals surface area contributed by atoms with E-state index in [-0.39, 0.29) is 5.92 Å². The first-order chi connectivity index (χ1) is 4.75. The van der Waals surface area contributed by atoms with Gasteiger partial charge in [-0.05, 0) is 33.1 Å². The number of rotatable bonds is 1. The summed E-state index contributed by atoms with van der Waals surface area (Å²) in [6, 6.07) is 0. The van der Waals surface area contributed by atoms with Crippen LogP contribution >= 0.6 is 0 Å². The van der Waals surface area contributed by atoms with E-state index in [0.29, 0.717) is 5.78 Å². The maximum absolute atomic E-state index is 11.0. The number of carbonyl (C=O) groups is 1. The second-order valence-electron chi connectivity index (χ2n) is 2.92. The number of Topliss-reactive ketones (excluding diaryl/α,β-unsaturated/α-hetero) is 1. The molecule has 0 amide bonds. The Kier molecular flexibility index (Phi) is 2.25. The molecule has 0 heterocycles. The molecule has 1 saturated carbocycles. The third-order valence-electron chi connectivity index (χ3n) is 2.27. The second-order valence-corrected chi connectivity index (χ2v) is 2.92. The molecule has 56 valence electrons. The summed E-state index contributed by atoms with van der Waals surface area (Å²) in [5.41, 5.74) is 1.35. The third-order valence-corrected chi connectivity index (χ3v) is 2.27. The molecule has 1 aliphatic carbocycles. The first kappa shape index (κ1) is 7.52. The molecule has 10 heavy (non-hydrogen) atoms. The van der Waals surface area contributed by atoms with Crippen LogP contribution in [-0.2, 0) is 4.79 Å². The van der Waals surface area contributed by atoms with E-state index < -0.39 is 0 Å². The molecule has 0 aliphatic heterocycles. The topological polar surface area (TPSA) is 17.1 Å². The van der Waals surface area contributed by atoms with Gasteiger partial charge in [-0.3, -0.25) is 4.79 Å². The highest BCUT2D eigenvalue weighted by atomic mass is 16.1. The van der Waals surface area contributed by atoms with Crippen LogP contribution in [0.2, 0.25) is 0 Å². The van der Waals surface area contributed by atoms with Gasteiger partial charge in [0.1, 0.15) is 5.78 Å². The number of hydrogen-bond acceptors (Lipinski definition) is 1. The maximum Gasteiger partial charge on any atom is 0.136 e. The van der Waals surface area contributed by atoms with Crippen molar-refractivity contribution in [3.63, 3.8) is 0 Å². The highest BCUT2D eigenvalue weighted by Gasteiger charge is 2.23. The summed E-state index contributed by atoms with van der Waals surface area (Å²) in [6.07, 6.45) is 5.51. The summed E-state index contributed by atoms with van der Waals surface area (Å²) in [7, 11) is 0. The van der Waals surface area contributed by atoms with Crippen molar-refractivity contribution in [3.05, 3.63) is 11.6 Å². The summed E-state index contributed by atoms with van der Waals surface area (Å²) in [5.74, 6) is 0.607. The van der Waals surface area contributed by atoms with Gasteiger partial charge in [0.15, 0.2) is 0 Å². The Hall–Kier alpha value is -0.590. The van der Waals surface area contributed by atoms with E-state index in [2.05, 4.69) is 6.08 Å². The molecule has 0 unspecified atom stereocenters. The Bertz CT molecular complexity index is 168. The molecule has 1 heteroatoms. The predicted molar refractivity (Wildman–Crippen MR) is 41.8 cm³/mol. The molecular formula is C9H14O. The van der Waals surface area contributed by atoms with E-state index >= 15 is 0 Å². The molecule has 0 aromatic rings. The van der Waals surface area contributed by atoms with Crippen LogP contribution in [0.1, 0.15) is 33.1 Å². The van der Waals surface area contributed by atoms with Crippen molar-refractivity contribution in [1.29, 1.82) is 0 Å². The lowest BCUT2D eigenvalue weighted by Crippen LogP contribution is -2.07. The first-order valence-corrected chi connectivity index (χ1v) is 3.91. The van der Waals surface area contributed by atoms with Crippen LogP contribution in [-0.4, -0.2) is 5.78 Å². The molecule has 0 bridgehead atoms. The molecule has 1 fully saturated rings. The van der Waals surface area contributed by atoms with Gasteiger partial charge in [0.05, 0.1) is 0 Å². The molecule has 0 spiro atoms. The molecule has 1 rings (SSSR count). The summed E-state index contributed by atoms with van der Waals surface area (Å²) >= 11 is 0. The Balaban J connectivity index is 2.68. The fourth-order valence-electron chi connectivity index (χ4n) is 1.68. The minimum atomic E-state index is 0.269. The van der Waals surface area contributed by atoms with E-state index in [4.69, 9.17) is 0 Å². The van der Waals surface area contributed by atoms with E-state index in [9.17, 15) is 4.79 Å². The van der Waals surface area contributed by atoms with E-state index in [1.54, 1.807) is 6.92 Å². The van der Waals surface area contributed by atoms with Crippen LogP contribution in [0.15, 0.2) is 11.6 Å². The smallest absolute Gasteiger partial charge is 0.136 e. The van der Waals surface area contributed by atoms with Gasteiger partial charge in [-0.1, -0.05) is 11.6 Å². The summed E-state index contributed by atoms with van der Waals surface area (Å²) in [4.78, 5) is 11.0. The Labute approximate surface area is 62.1 Å². The largest absolute Gasteiger partial charge is 0.299 e. The molecule has 0 aromatic carbocycles. The lowest BCUT2D eigenvalue weighted by atomic mass is 9.99. The zero-order chi connectivity index (χ0) is 7.56. The Morgan fingerprint density at radius 3 is 2.80 bits per heavy atom.